The molecule has 1 heterocycles. The summed E-state index contributed by atoms with van der Waals surface area (Å²) in [6, 6.07) is 8.94. The number of nitrogens with one attached hydrogen (secondary N) is 2. The molecule has 2 atom stereocenters. The minimum Gasteiger partial charge on any atom is -0.355 e. The zero-order valence-corrected chi connectivity index (χ0v) is 13.1. The second kappa shape index (κ2) is 6.96. The molecule has 2 amide bonds. The van der Waals surface area contributed by atoms with Crippen LogP contribution in [0.5, 0.6) is 0 Å². The minimum absolute atomic E-state index is 0.332. The van der Waals surface area contributed by atoms with E-state index < -0.39 is 41.1 Å². The van der Waals surface area contributed by atoms with Crippen molar-refractivity contribution in [3.05, 3.63) is 65.5 Å². The third-order valence-corrected chi connectivity index (χ3v) is 4.23. The van der Waals surface area contributed by atoms with E-state index in [1.54, 1.807) is 0 Å². The molecule has 2 unspecified atom stereocenters. The third-order valence-electron chi connectivity index (χ3n) is 4.23. The molecule has 1 aliphatic rings. The molecule has 1 fully saturated rings. The van der Waals surface area contributed by atoms with Crippen LogP contribution in [0.3, 0.4) is 0 Å². The van der Waals surface area contributed by atoms with Crippen molar-refractivity contribution in [3.63, 3.8) is 0 Å². The molecular weight excluding hydrogens is 333 g/mol. The number of carbonyl (C=O) groups excluding carboxylic acids is 2. The smallest absolute Gasteiger partial charge is 0.237 e. The summed E-state index contributed by atoms with van der Waals surface area (Å²) in [5.41, 5.74) is 0.303. The first-order chi connectivity index (χ1) is 12.0. The van der Waals surface area contributed by atoms with Crippen LogP contribution in [0.4, 0.5) is 18.9 Å². The van der Waals surface area contributed by atoms with Crippen molar-refractivity contribution in [2.24, 2.45) is 5.92 Å². The normalized spacial score (nSPS) is 20.0. The highest BCUT2D eigenvalue weighted by Crippen LogP contribution is 2.32. The van der Waals surface area contributed by atoms with Gasteiger partial charge in [0.05, 0.1) is 5.69 Å². The predicted octanol–water partition coefficient (Wildman–Crippen LogP) is 2.96. The van der Waals surface area contributed by atoms with E-state index >= 15 is 0 Å². The van der Waals surface area contributed by atoms with E-state index in [1.807, 2.05) is 0 Å². The van der Waals surface area contributed by atoms with Gasteiger partial charge in [-0.05, 0) is 36.2 Å². The number of halogens is 3. The van der Waals surface area contributed by atoms with Crippen LogP contribution in [0.1, 0.15) is 17.9 Å². The maximum atomic E-state index is 13.8. The van der Waals surface area contributed by atoms with Gasteiger partial charge in [0, 0.05) is 12.5 Å². The number of rotatable bonds is 3. The number of anilines is 1. The number of carbonyl (C=O) groups is 2. The summed E-state index contributed by atoms with van der Waals surface area (Å²) < 4.78 is 40.2. The minimum atomic E-state index is -1.19. The first-order valence-electron chi connectivity index (χ1n) is 7.75. The average molecular weight is 348 g/mol. The summed E-state index contributed by atoms with van der Waals surface area (Å²) in [4.78, 5) is 24.8. The standard InChI is InChI=1S/C18H15F3N2O2/c19-11-6-4-10(5-7-11)12-8-9-22-17(24)15(12)18(25)23-14-3-1-2-13(20)16(14)21/h1-7,12,15H,8-9H2,(H,22,24)(H,23,25). The number of hydrogen-bond acceptors (Lipinski definition) is 2. The van der Waals surface area contributed by atoms with Gasteiger partial charge in [0.1, 0.15) is 11.7 Å². The van der Waals surface area contributed by atoms with Crippen LogP contribution < -0.4 is 10.6 Å². The maximum Gasteiger partial charge on any atom is 0.237 e. The Kier molecular flexibility index (Phi) is 4.74. The molecule has 1 aliphatic heterocycles. The molecule has 0 bridgehead atoms. The summed E-state index contributed by atoms with van der Waals surface area (Å²) >= 11 is 0. The Morgan fingerprint density at radius 3 is 2.52 bits per heavy atom. The molecule has 7 heteroatoms. The van der Waals surface area contributed by atoms with Gasteiger partial charge in [0.2, 0.25) is 11.8 Å². The fourth-order valence-corrected chi connectivity index (χ4v) is 2.99. The molecule has 0 radical (unpaired) electrons. The lowest BCUT2D eigenvalue weighted by atomic mass is 9.80. The van der Waals surface area contributed by atoms with Crippen LogP contribution in [0.2, 0.25) is 0 Å². The van der Waals surface area contributed by atoms with Crippen LogP contribution in [0, 0.1) is 23.4 Å². The first kappa shape index (κ1) is 17.0. The Labute approximate surface area is 142 Å². The van der Waals surface area contributed by atoms with Crippen molar-refractivity contribution < 1.29 is 22.8 Å². The zero-order valence-electron chi connectivity index (χ0n) is 13.1. The molecule has 2 aromatic carbocycles. The molecule has 0 aliphatic carbocycles. The molecule has 0 aromatic heterocycles. The second-order valence-corrected chi connectivity index (χ2v) is 5.81. The Morgan fingerprint density at radius 2 is 1.80 bits per heavy atom. The summed E-state index contributed by atoms with van der Waals surface area (Å²) in [6.45, 7) is 0.374. The first-order valence-corrected chi connectivity index (χ1v) is 7.75. The number of benzene rings is 2. The van der Waals surface area contributed by atoms with Crippen molar-refractivity contribution in [1.29, 1.82) is 0 Å². The van der Waals surface area contributed by atoms with E-state index in [0.717, 1.165) is 6.07 Å². The highest BCUT2D eigenvalue weighted by molar-refractivity contribution is 6.07. The van der Waals surface area contributed by atoms with Crippen LogP contribution in [0.15, 0.2) is 42.5 Å². The third kappa shape index (κ3) is 3.50. The van der Waals surface area contributed by atoms with E-state index in [0.29, 0.717) is 18.5 Å². The molecule has 0 spiro atoms. The molecule has 25 heavy (non-hydrogen) atoms. The molecule has 130 valence electrons. The predicted molar refractivity (Wildman–Crippen MR) is 85.2 cm³/mol. The maximum absolute atomic E-state index is 13.8. The van der Waals surface area contributed by atoms with Gasteiger partial charge in [-0.3, -0.25) is 9.59 Å². The van der Waals surface area contributed by atoms with Gasteiger partial charge >= 0.3 is 0 Å². The second-order valence-electron chi connectivity index (χ2n) is 5.81. The van der Waals surface area contributed by atoms with Crippen molar-refractivity contribution in [2.75, 3.05) is 11.9 Å². The average Bonchev–Trinajstić information content (AvgIpc) is 2.59. The molecule has 2 N–H and O–H groups in total. The van der Waals surface area contributed by atoms with Gasteiger partial charge in [-0.1, -0.05) is 18.2 Å². The molecule has 0 saturated carbocycles. The van der Waals surface area contributed by atoms with Crippen LogP contribution >= 0.6 is 0 Å². The molecule has 3 rings (SSSR count). The quantitative estimate of drug-likeness (QED) is 0.838. The Bertz CT molecular complexity index is 808. The Morgan fingerprint density at radius 1 is 1.08 bits per heavy atom. The van der Waals surface area contributed by atoms with Crippen molar-refractivity contribution in [1.82, 2.24) is 5.32 Å². The zero-order chi connectivity index (χ0) is 18.0. The summed E-state index contributed by atoms with van der Waals surface area (Å²) in [5, 5.41) is 4.87. The van der Waals surface area contributed by atoms with E-state index in [4.69, 9.17) is 0 Å². The Balaban J connectivity index is 1.87. The van der Waals surface area contributed by atoms with Gasteiger partial charge < -0.3 is 10.6 Å². The van der Waals surface area contributed by atoms with E-state index in [-0.39, 0.29) is 5.69 Å². The van der Waals surface area contributed by atoms with Gasteiger partial charge in [-0.25, -0.2) is 13.2 Å². The number of amides is 2. The largest absolute Gasteiger partial charge is 0.355 e. The number of piperidine rings is 1. The fraction of sp³-hybridized carbons (Fsp3) is 0.222. The summed E-state index contributed by atoms with van der Waals surface area (Å²) in [5.74, 6) is -5.56. The van der Waals surface area contributed by atoms with Crippen molar-refractivity contribution in [2.45, 2.75) is 12.3 Å². The van der Waals surface area contributed by atoms with Gasteiger partial charge in [0.25, 0.3) is 0 Å². The summed E-state index contributed by atoms with van der Waals surface area (Å²) in [7, 11) is 0. The van der Waals surface area contributed by atoms with Crippen LogP contribution in [-0.2, 0) is 9.59 Å². The van der Waals surface area contributed by atoms with E-state index in [2.05, 4.69) is 10.6 Å². The topological polar surface area (TPSA) is 58.2 Å². The molecule has 1 saturated heterocycles. The molecule has 4 nitrogen and oxygen atoms in total. The highest BCUT2D eigenvalue weighted by atomic mass is 19.2. The lowest BCUT2D eigenvalue weighted by Gasteiger charge is -2.30. The van der Waals surface area contributed by atoms with Gasteiger partial charge in [-0.15, -0.1) is 0 Å². The van der Waals surface area contributed by atoms with Gasteiger partial charge in [-0.2, -0.15) is 0 Å². The fourth-order valence-electron chi connectivity index (χ4n) is 2.99. The monoisotopic (exact) mass is 348 g/mol. The number of hydrogen-bond donors (Lipinski definition) is 2. The molecule has 2 aromatic rings. The summed E-state index contributed by atoms with van der Waals surface area (Å²) in [6.07, 6.45) is 0.473. The van der Waals surface area contributed by atoms with E-state index in [9.17, 15) is 22.8 Å². The lowest BCUT2D eigenvalue weighted by Crippen LogP contribution is -2.46. The Hall–Kier alpha value is -2.83. The SMILES string of the molecule is O=C1NCCC(c2ccc(F)cc2)C1C(=O)Nc1cccc(F)c1F. The van der Waals surface area contributed by atoms with Crippen LogP contribution in [0.25, 0.3) is 0 Å². The van der Waals surface area contributed by atoms with E-state index in [1.165, 1.54) is 36.4 Å². The van der Waals surface area contributed by atoms with Crippen LogP contribution in [-0.4, -0.2) is 18.4 Å². The van der Waals surface area contributed by atoms with Crippen molar-refractivity contribution in [3.8, 4) is 0 Å². The van der Waals surface area contributed by atoms with Crippen molar-refractivity contribution >= 4 is 17.5 Å². The highest BCUT2D eigenvalue weighted by Gasteiger charge is 2.38. The molecular formula is C18H15F3N2O2. The van der Waals surface area contributed by atoms with Gasteiger partial charge in [0.15, 0.2) is 11.6 Å². The lowest BCUT2D eigenvalue weighted by molar-refractivity contribution is -0.135.